The van der Waals surface area contributed by atoms with Crippen LogP contribution < -0.4 is 4.74 Å². The molecule has 27 heavy (non-hydrogen) atoms. The van der Waals surface area contributed by atoms with Gasteiger partial charge in [0.1, 0.15) is 6.17 Å². The predicted octanol–water partition coefficient (Wildman–Crippen LogP) is 3.60. The van der Waals surface area contributed by atoms with E-state index in [9.17, 15) is 23.1 Å². The lowest BCUT2D eigenvalue weighted by atomic mass is 10.1. The van der Waals surface area contributed by atoms with E-state index in [4.69, 9.17) is 0 Å². The summed E-state index contributed by atoms with van der Waals surface area (Å²) >= 11 is 1.26. The van der Waals surface area contributed by atoms with Gasteiger partial charge >= 0.3 is 12.1 Å². The molecule has 0 fully saturated rings. The molecule has 0 saturated carbocycles. The molecule has 1 aliphatic heterocycles. The van der Waals surface area contributed by atoms with Crippen LogP contribution in [0, 0.1) is 0 Å². The molecule has 10 heteroatoms. The second kappa shape index (κ2) is 6.84. The Labute approximate surface area is 157 Å². The Morgan fingerprint density at radius 2 is 1.89 bits per heavy atom. The molecular weight excluding hydrogens is 383 g/mol. The van der Waals surface area contributed by atoms with E-state index in [1.165, 1.54) is 23.9 Å². The molecule has 1 heterocycles. The Hall–Kier alpha value is -2.62. The highest BCUT2D eigenvalue weighted by molar-refractivity contribution is 8.14. The van der Waals surface area contributed by atoms with Crippen molar-refractivity contribution in [2.24, 2.45) is 5.10 Å². The summed E-state index contributed by atoms with van der Waals surface area (Å²) in [6.45, 7) is 1.96. The summed E-state index contributed by atoms with van der Waals surface area (Å²) in [5, 5.41) is 17.8. The van der Waals surface area contributed by atoms with Crippen LogP contribution in [0.5, 0.6) is 11.5 Å². The van der Waals surface area contributed by atoms with E-state index in [0.717, 1.165) is 0 Å². The number of thioether (sulfide) groups is 1. The smallest absolute Gasteiger partial charge is 0.491 e. The van der Waals surface area contributed by atoms with E-state index in [1.807, 2.05) is 25.9 Å². The minimum atomic E-state index is -5.16. The Balaban J connectivity index is 2.04. The van der Waals surface area contributed by atoms with Crippen molar-refractivity contribution in [1.29, 1.82) is 0 Å². The topological polar surface area (TPSA) is 65.4 Å². The number of ether oxygens (including phenoxy) is 1. The second-order valence-corrected chi connectivity index (χ2v) is 6.97. The molecule has 2 aromatic carbocycles. The SMILES string of the molecule is CC1N(C)N=C(Sc2cc(O)c(OC(=O)C(F)(F)F)c3ccccc23)N1C. The minimum absolute atomic E-state index is 0.0411. The van der Waals surface area contributed by atoms with Crippen molar-refractivity contribution in [2.45, 2.75) is 24.2 Å². The van der Waals surface area contributed by atoms with Gasteiger partial charge in [-0.2, -0.15) is 18.3 Å². The summed E-state index contributed by atoms with van der Waals surface area (Å²) in [5.74, 6) is -3.47. The van der Waals surface area contributed by atoms with Crippen molar-refractivity contribution in [2.75, 3.05) is 14.1 Å². The maximum Gasteiger partial charge on any atom is 0.491 e. The van der Waals surface area contributed by atoms with Crippen LogP contribution in [-0.2, 0) is 4.79 Å². The summed E-state index contributed by atoms with van der Waals surface area (Å²) in [6, 6.07) is 7.70. The van der Waals surface area contributed by atoms with Crippen LogP contribution >= 0.6 is 11.8 Å². The minimum Gasteiger partial charge on any atom is -0.504 e. The van der Waals surface area contributed by atoms with E-state index in [0.29, 0.717) is 15.4 Å². The fraction of sp³-hybridized carbons (Fsp3) is 0.294. The summed E-state index contributed by atoms with van der Waals surface area (Å²) in [6.07, 6.45) is -5.12. The van der Waals surface area contributed by atoms with Gasteiger partial charge in [-0.25, -0.2) is 4.79 Å². The number of nitrogens with zero attached hydrogens (tertiary/aromatic N) is 3. The molecule has 1 N–H and O–H groups in total. The van der Waals surface area contributed by atoms with Gasteiger partial charge in [-0.1, -0.05) is 24.3 Å². The number of phenols is 1. The number of esters is 1. The molecule has 0 aliphatic carbocycles. The van der Waals surface area contributed by atoms with E-state index >= 15 is 0 Å². The maximum absolute atomic E-state index is 12.5. The quantitative estimate of drug-likeness (QED) is 0.615. The van der Waals surface area contributed by atoms with Crippen LogP contribution in [0.4, 0.5) is 13.2 Å². The average molecular weight is 399 g/mol. The first-order valence-corrected chi connectivity index (χ1v) is 8.67. The van der Waals surface area contributed by atoms with Gasteiger partial charge in [-0.15, -0.1) is 0 Å². The Kier molecular flexibility index (Phi) is 4.85. The fourth-order valence-corrected chi connectivity index (χ4v) is 3.66. The molecule has 3 rings (SSSR count). The Morgan fingerprint density at radius 3 is 2.44 bits per heavy atom. The molecule has 1 aliphatic rings. The third kappa shape index (κ3) is 3.61. The Bertz CT molecular complexity index is 933. The number of carbonyl (C=O) groups is 1. The summed E-state index contributed by atoms with van der Waals surface area (Å²) in [5.41, 5.74) is 0. The summed E-state index contributed by atoms with van der Waals surface area (Å²) < 4.78 is 42.1. The van der Waals surface area contributed by atoms with Crippen molar-refractivity contribution >= 4 is 33.7 Å². The number of hydrazone groups is 1. The molecule has 0 saturated heterocycles. The molecular formula is C17H16F3N3O3S. The van der Waals surface area contributed by atoms with Gasteiger partial charge < -0.3 is 14.7 Å². The van der Waals surface area contributed by atoms with Gasteiger partial charge in [0.15, 0.2) is 16.7 Å². The van der Waals surface area contributed by atoms with Gasteiger partial charge in [0.05, 0.1) is 0 Å². The zero-order valence-electron chi connectivity index (χ0n) is 14.6. The van der Waals surface area contributed by atoms with Crippen molar-refractivity contribution in [3.63, 3.8) is 0 Å². The average Bonchev–Trinajstić information content (AvgIpc) is 2.84. The number of amidine groups is 1. The lowest BCUT2D eigenvalue weighted by molar-refractivity contribution is -0.189. The van der Waals surface area contributed by atoms with Crippen LogP contribution in [0.2, 0.25) is 0 Å². The van der Waals surface area contributed by atoms with Gasteiger partial charge in [-0.3, -0.25) is 5.01 Å². The molecule has 144 valence electrons. The molecule has 0 spiro atoms. The van der Waals surface area contributed by atoms with Crippen LogP contribution in [0.25, 0.3) is 10.8 Å². The van der Waals surface area contributed by atoms with E-state index in [2.05, 4.69) is 9.84 Å². The van der Waals surface area contributed by atoms with E-state index in [-0.39, 0.29) is 11.6 Å². The fourth-order valence-electron chi connectivity index (χ4n) is 2.53. The second-order valence-electron chi connectivity index (χ2n) is 5.96. The maximum atomic E-state index is 12.5. The third-order valence-corrected chi connectivity index (χ3v) is 5.32. The van der Waals surface area contributed by atoms with Crippen molar-refractivity contribution in [3.05, 3.63) is 30.3 Å². The lowest BCUT2D eigenvalue weighted by Crippen LogP contribution is -2.34. The van der Waals surface area contributed by atoms with E-state index < -0.39 is 23.6 Å². The van der Waals surface area contributed by atoms with Crippen molar-refractivity contribution in [1.82, 2.24) is 9.91 Å². The predicted molar refractivity (Wildman–Crippen MR) is 95.6 cm³/mol. The zero-order chi connectivity index (χ0) is 19.9. The van der Waals surface area contributed by atoms with Crippen molar-refractivity contribution in [3.8, 4) is 11.5 Å². The zero-order valence-corrected chi connectivity index (χ0v) is 15.4. The number of rotatable bonds is 2. The number of carbonyl (C=O) groups excluding carboxylic acids is 1. The molecule has 0 aromatic heterocycles. The number of halogens is 3. The first-order valence-electron chi connectivity index (χ1n) is 7.85. The van der Waals surface area contributed by atoms with Crippen LogP contribution in [0.1, 0.15) is 6.92 Å². The molecule has 1 atom stereocenters. The molecule has 1 unspecified atom stereocenters. The van der Waals surface area contributed by atoms with Gasteiger partial charge in [0.25, 0.3) is 0 Å². The van der Waals surface area contributed by atoms with Gasteiger partial charge in [0.2, 0.25) is 0 Å². The van der Waals surface area contributed by atoms with Crippen LogP contribution in [0.3, 0.4) is 0 Å². The molecule has 0 amide bonds. The Morgan fingerprint density at radius 1 is 1.26 bits per heavy atom. The highest BCUT2D eigenvalue weighted by Gasteiger charge is 2.42. The third-order valence-electron chi connectivity index (χ3n) is 4.21. The number of alkyl halides is 3. The number of hydrogen-bond acceptors (Lipinski definition) is 7. The van der Waals surface area contributed by atoms with Crippen LogP contribution in [0.15, 0.2) is 40.3 Å². The largest absolute Gasteiger partial charge is 0.504 e. The summed E-state index contributed by atoms with van der Waals surface area (Å²) in [4.78, 5) is 13.7. The summed E-state index contributed by atoms with van der Waals surface area (Å²) in [7, 11) is 3.69. The number of aromatic hydroxyl groups is 1. The number of benzene rings is 2. The molecule has 0 radical (unpaired) electrons. The molecule has 0 bridgehead atoms. The number of hydrogen-bond donors (Lipinski definition) is 1. The monoisotopic (exact) mass is 399 g/mol. The standard InChI is InChI=1S/C17H16F3N3O3S/c1-9-22(2)16(21-23(9)3)27-13-8-12(24)14(26-15(25)17(18,19)20)11-7-5-4-6-10(11)13/h4-9,24H,1-3H3. The number of phenolic OH excluding ortho intramolecular Hbond substituents is 1. The normalized spacial score (nSPS) is 17.4. The first kappa shape index (κ1) is 19.2. The highest BCUT2D eigenvalue weighted by atomic mass is 32.2. The highest BCUT2D eigenvalue weighted by Crippen LogP contribution is 2.42. The lowest BCUT2D eigenvalue weighted by Gasteiger charge is -2.22. The first-order chi connectivity index (χ1) is 12.6. The van der Waals surface area contributed by atoms with Crippen LogP contribution in [-0.4, -0.2) is 52.6 Å². The van der Waals surface area contributed by atoms with Gasteiger partial charge in [0, 0.05) is 24.4 Å². The molecule has 2 aromatic rings. The van der Waals surface area contributed by atoms with Gasteiger partial charge in [-0.05, 0) is 30.1 Å². The number of fused-ring (bicyclic) bond motifs is 1. The molecule has 6 nitrogen and oxygen atoms in total. The van der Waals surface area contributed by atoms with E-state index in [1.54, 1.807) is 23.2 Å². The van der Waals surface area contributed by atoms with Crippen molar-refractivity contribution < 1.29 is 27.8 Å².